The van der Waals surface area contributed by atoms with E-state index in [9.17, 15) is 0 Å². The van der Waals surface area contributed by atoms with Gasteiger partial charge in [0.1, 0.15) is 0 Å². The SMILES string of the molecule is CC(N)C(=N)C1C=CC1. The minimum atomic E-state index is -0.0695. The Bertz CT molecular complexity index is 147. The summed E-state index contributed by atoms with van der Waals surface area (Å²) in [6.07, 6.45) is 5.12. The van der Waals surface area contributed by atoms with Crippen LogP contribution in [0.2, 0.25) is 0 Å². The zero-order valence-electron chi connectivity index (χ0n) is 5.59. The maximum atomic E-state index is 7.42. The molecule has 1 rings (SSSR count). The van der Waals surface area contributed by atoms with Gasteiger partial charge in [-0.15, -0.1) is 0 Å². The molecule has 1 aliphatic carbocycles. The third-order valence-electron chi connectivity index (χ3n) is 1.65. The predicted octanol–water partition coefficient (Wildman–Crippen LogP) is 0.929. The van der Waals surface area contributed by atoms with Gasteiger partial charge < -0.3 is 11.1 Å². The Kier molecular flexibility index (Phi) is 1.67. The summed E-state index contributed by atoms with van der Waals surface area (Å²) in [6, 6.07) is -0.0695. The Labute approximate surface area is 55.3 Å². The number of allylic oxidation sites excluding steroid dienone is 2. The highest BCUT2D eigenvalue weighted by molar-refractivity contribution is 5.90. The average molecular weight is 124 g/mol. The fourth-order valence-corrected chi connectivity index (χ4v) is 0.840. The Balaban J connectivity index is 2.43. The van der Waals surface area contributed by atoms with Gasteiger partial charge >= 0.3 is 0 Å². The van der Waals surface area contributed by atoms with E-state index in [1.807, 2.05) is 13.0 Å². The second-order valence-electron chi connectivity index (χ2n) is 2.51. The van der Waals surface area contributed by atoms with E-state index < -0.39 is 0 Å². The lowest BCUT2D eigenvalue weighted by Crippen LogP contribution is -2.33. The van der Waals surface area contributed by atoms with Crippen LogP contribution in [0.1, 0.15) is 13.3 Å². The highest BCUT2D eigenvalue weighted by Gasteiger charge is 2.17. The van der Waals surface area contributed by atoms with E-state index in [4.69, 9.17) is 11.1 Å². The molecule has 2 unspecified atom stereocenters. The van der Waals surface area contributed by atoms with Crippen molar-refractivity contribution in [1.29, 1.82) is 5.41 Å². The van der Waals surface area contributed by atoms with Gasteiger partial charge in [0.15, 0.2) is 0 Å². The quantitative estimate of drug-likeness (QED) is 0.417. The van der Waals surface area contributed by atoms with Gasteiger partial charge in [-0.05, 0) is 13.3 Å². The molecule has 0 saturated heterocycles. The summed E-state index contributed by atoms with van der Waals surface area (Å²) < 4.78 is 0. The molecular weight excluding hydrogens is 112 g/mol. The first kappa shape index (κ1) is 6.49. The van der Waals surface area contributed by atoms with E-state index in [-0.39, 0.29) is 6.04 Å². The van der Waals surface area contributed by atoms with Crippen molar-refractivity contribution in [3.8, 4) is 0 Å². The first-order chi connectivity index (χ1) is 4.22. The van der Waals surface area contributed by atoms with Crippen molar-refractivity contribution in [1.82, 2.24) is 0 Å². The van der Waals surface area contributed by atoms with Crippen LogP contribution < -0.4 is 5.73 Å². The molecule has 0 aromatic rings. The highest BCUT2D eigenvalue weighted by Crippen LogP contribution is 2.18. The maximum absolute atomic E-state index is 7.42. The molecule has 0 spiro atoms. The molecule has 0 fully saturated rings. The fourth-order valence-electron chi connectivity index (χ4n) is 0.840. The van der Waals surface area contributed by atoms with Crippen molar-refractivity contribution < 1.29 is 0 Å². The van der Waals surface area contributed by atoms with E-state index in [2.05, 4.69) is 6.08 Å². The summed E-state index contributed by atoms with van der Waals surface area (Å²) in [5.74, 6) is 0.352. The molecule has 2 nitrogen and oxygen atoms in total. The van der Waals surface area contributed by atoms with Crippen LogP contribution in [0.15, 0.2) is 12.2 Å². The zero-order valence-corrected chi connectivity index (χ0v) is 5.59. The van der Waals surface area contributed by atoms with E-state index in [0.717, 1.165) is 6.42 Å². The van der Waals surface area contributed by atoms with Crippen molar-refractivity contribution >= 4 is 5.71 Å². The predicted molar refractivity (Wildman–Crippen MR) is 38.6 cm³/mol. The van der Waals surface area contributed by atoms with Crippen LogP contribution in [-0.4, -0.2) is 11.8 Å². The molecule has 9 heavy (non-hydrogen) atoms. The smallest absolute Gasteiger partial charge is 0.0400 e. The summed E-state index contributed by atoms with van der Waals surface area (Å²) in [5.41, 5.74) is 6.15. The van der Waals surface area contributed by atoms with E-state index in [1.165, 1.54) is 0 Å². The number of hydrogen-bond donors (Lipinski definition) is 2. The minimum Gasteiger partial charge on any atom is -0.323 e. The molecule has 3 N–H and O–H groups in total. The first-order valence-corrected chi connectivity index (χ1v) is 3.22. The molecule has 0 aliphatic heterocycles. The van der Waals surface area contributed by atoms with Crippen LogP contribution >= 0.6 is 0 Å². The number of nitrogens with two attached hydrogens (primary N) is 1. The molecule has 2 atom stereocenters. The largest absolute Gasteiger partial charge is 0.323 e. The van der Waals surface area contributed by atoms with Gasteiger partial charge in [0.25, 0.3) is 0 Å². The summed E-state index contributed by atoms with van der Waals surface area (Å²) >= 11 is 0. The van der Waals surface area contributed by atoms with Gasteiger partial charge in [0, 0.05) is 17.7 Å². The molecule has 1 aliphatic rings. The van der Waals surface area contributed by atoms with E-state index in [0.29, 0.717) is 11.6 Å². The molecule has 0 amide bonds. The van der Waals surface area contributed by atoms with E-state index >= 15 is 0 Å². The highest BCUT2D eigenvalue weighted by atomic mass is 14.7. The summed E-state index contributed by atoms with van der Waals surface area (Å²) in [7, 11) is 0. The first-order valence-electron chi connectivity index (χ1n) is 3.22. The molecule has 0 aromatic heterocycles. The third kappa shape index (κ3) is 1.19. The van der Waals surface area contributed by atoms with E-state index in [1.54, 1.807) is 0 Å². The Morgan fingerprint density at radius 2 is 2.44 bits per heavy atom. The van der Waals surface area contributed by atoms with Gasteiger partial charge in [-0.25, -0.2) is 0 Å². The van der Waals surface area contributed by atoms with Crippen LogP contribution in [0.3, 0.4) is 0 Å². The second kappa shape index (κ2) is 2.31. The van der Waals surface area contributed by atoms with Crippen LogP contribution in [0.4, 0.5) is 0 Å². The zero-order chi connectivity index (χ0) is 6.85. The van der Waals surface area contributed by atoms with Crippen LogP contribution in [-0.2, 0) is 0 Å². The maximum Gasteiger partial charge on any atom is 0.0400 e. The molecule has 0 bridgehead atoms. The Hall–Kier alpha value is -0.630. The summed E-state index contributed by atoms with van der Waals surface area (Å²) in [6.45, 7) is 1.86. The minimum absolute atomic E-state index is 0.0695. The van der Waals surface area contributed by atoms with Crippen LogP contribution in [0, 0.1) is 11.3 Å². The summed E-state index contributed by atoms with van der Waals surface area (Å²) in [5, 5.41) is 7.42. The van der Waals surface area contributed by atoms with Crippen molar-refractivity contribution in [3.05, 3.63) is 12.2 Å². The van der Waals surface area contributed by atoms with Crippen LogP contribution in [0.5, 0.6) is 0 Å². The van der Waals surface area contributed by atoms with Gasteiger partial charge in [-0.3, -0.25) is 0 Å². The van der Waals surface area contributed by atoms with Gasteiger partial charge in [-0.1, -0.05) is 12.2 Å². The molecule has 0 saturated carbocycles. The molecular formula is C7H12N2. The van der Waals surface area contributed by atoms with Crippen molar-refractivity contribution in [2.24, 2.45) is 11.7 Å². The molecule has 0 aromatic carbocycles. The van der Waals surface area contributed by atoms with Gasteiger partial charge in [-0.2, -0.15) is 0 Å². The van der Waals surface area contributed by atoms with Crippen LogP contribution in [0.25, 0.3) is 0 Å². The monoisotopic (exact) mass is 124 g/mol. The number of rotatable bonds is 2. The average Bonchev–Trinajstić information content (AvgIpc) is 1.60. The Morgan fingerprint density at radius 3 is 2.56 bits per heavy atom. The lowest BCUT2D eigenvalue weighted by atomic mass is 9.87. The molecule has 50 valence electrons. The normalized spacial score (nSPS) is 27.1. The third-order valence-corrected chi connectivity index (χ3v) is 1.65. The lowest BCUT2D eigenvalue weighted by molar-refractivity contribution is 0.751. The topological polar surface area (TPSA) is 49.9 Å². The number of nitrogens with one attached hydrogen (secondary N) is 1. The Morgan fingerprint density at radius 1 is 1.89 bits per heavy atom. The van der Waals surface area contributed by atoms with Crippen molar-refractivity contribution in [2.75, 3.05) is 0 Å². The standard InChI is InChI=1S/C7H12N2/c1-5(8)7(9)6-3-2-4-6/h2-3,5-6,9H,4,8H2,1H3. The molecule has 0 radical (unpaired) electrons. The number of hydrogen-bond acceptors (Lipinski definition) is 2. The molecule has 0 heterocycles. The van der Waals surface area contributed by atoms with Crippen molar-refractivity contribution in [3.63, 3.8) is 0 Å². The lowest BCUT2D eigenvalue weighted by Gasteiger charge is -2.20. The fraction of sp³-hybridized carbons (Fsp3) is 0.571. The second-order valence-corrected chi connectivity index (χ2v) is 2.51. The summed E-state index contributed by atoms with van der Waals surface area (Å²) in [4.78, 5) is 0. The van der Waals surface area contributed by atoms with Gasteiger partial charge in [0.2, 0.25) is 0 Å². The van der Waals surface area contributed by atoms with Gasteiger partial charge in [0.05, 0.1) is 0 Å². The molecule has 2 heteroatoms. The van der Waals surface area contributed by atoms with Crippen molar-refractivity contribution in [2.45, 2.75) is 19.4 Å².